The highest BCUT2D eigenvalue weighted by molar-refractivity contribution is 7.91. The number of rotatable bonds is 4. The number of benzene rings is 1. The van der Waals surface area contributed by atoms with Gasteiger partial charge >= 0.3 is 0 Å². The van der Waals surface area contributed by atoms with Crippen molar-refractivity contribution >= 4 is 27.0 Å². The highest BCUT2D eigenvalue weighted by atomic mass is 32.2. The molecule has 106 valence electrons. The first kappa shape index (κ1) is 13.4. The van der Waals surface area contributed by atoms with Gasteiger partial charge in [0.25, 0.3) is 0 Å². The Balaban J connectivity index is 1.64. The van der Waals surface area contributed by atoms with Gasteiger partial charge in [-0.15, -0.1) is 11.3 Å². The van der Waals surface area contributed by atoms with Crippen molar-refractivity contribution in [2.45, 2.75) is 16.7 Å². The maximum Gasteiger partial charge on any atom is 0.250 e. The fourth-order valence-electron chi connectivity index (χ4n) is 2.11. The van der Waals surface area contributed by atoms with E-state index >= 15 is 0 Å². The zero-order valence-electron chi connectivity index (χ0n) is 10.6. The lowest BCUT2D eigenvalue weighted by Crippen LogP contribution is -2.34. The van der Waals surface area contributed by atoms with Crippen LogP contribution in [0, 0.1) is 0 Å². The smallest absolute Gasteiger partial charge is 0.250 e. The summed E-state index contributed by atoms with van der Waals surface area (Å²) < 4.78 is 32.6. The van der Waals surface area contributed by atoms with Gasteiger partial charge in [-0.05, 0) is 17.7 Å². The van der Waals surface area contributed by atoms with Crippen molar-refractivity contribution in [3.05, 3.63) is 41.3 Å². The van der Waals surface area contributed by atoms with Gasteiger partial charge in [-0.25, -0.2) is 13.1 Å². The van der Waals surface area contributed by atoms with Crippen LogP contribution < -0.4 is 15.2 Å². The molecule has 20 heavy (non-hydrogen) atoms. The van der Waals surface area contributed by atoms with Crippen LogP contribution in [-0.4, -0.2) is 21.1 Å². The first-order valence-electron chi connectivity index (χ1n) is 6.13. The third-order valence-electron chi connectivity index (χ3n) is 3.08. The minimum atomic E-state index is -3.51. The third kappa shape index (κ3) is 2.65. The van der Waals surface area contributed by atoms with Gasteiger partial charge in [0, 0.05) is 24.0 Å². The molecule has 7 heteroatoms. The predicted octanol–water partition coefficient (Wildman–Crippen LogP) is 1.61. The Kier molecular flexibility index (Phi) is 3.41. The van der Waals surface area contributed by atoms with E-state index in [-0.39, 0.29) is 16.9 Å². The van der Waals surface area contributed by atoms with Gasteiger partial charge in [0.15, 0.2) is 0 Å². The number of nitrogens with one attached hydrogen (secondary N) is 1. The summed E-state index contributed by atoms with van der Waals surface area (Å²) in [5.41, 5.74) is 7.11. The van der Waals surface area contributed by atoms with Crippen molar-refractivity contribution in [3.8, 4) is 5.75 Å². The van der Waals surface area contributed by atoms with Gasteiger partial charge in [0.05, 0.1) is 0 Å². The first-order chi connectivity index (χ1) is 9.54. The number of sulfonamides is 1. The topological polar surface area (TPSA) is 81.4 Å². The summed E-state index contributed by atoms with van der Waals surface area (Å²) in [4.78, 5) is 0. The number of nitrogen functional groups attached to an aromatic ring is 1. The van der Waals surface area contributed by atoms with E-state index in [9.17, 15) is 8.42 Å². The molecule has 1 aliphatic rings. The number of hydrogen-bond donors (Lipinski definition) is 2. The largest absolute Gasteiger partial charge is 0.488 e. The molecule has 0 aliphatic carbocycles. The van der Waals surface area contributed by atoms with Gasteiger partial charge in [0.2, 0.25) is 10.0 Å². The van der Waals surface area contributed by atoms with Gasteiger partial charge in [0.1, 0.15) is 16.1 Å². The van der Waals surface area contributed by atoms with Crippen molar-refractivity contribution in [2.75, 3.05) is 12.3 Å². The molecule has 2 aromatic rings. The molecule has 1 unspecified atom stereocenters. The Morgan fingerprint density at radius 1 is 1.40 bits per heavy atom. The summed E-state index contributed by atoms with van der Waals surface area (Å²) in [6, 6.07) is 9.19. The first-order valence-corrected chi connectivity index (χ1v) is 8.49. The van der Waals surface area contributed by atoms with E-state index in [1.807, 2.05) is 24.3 Å². The molecule has 5 nitrogen and oxygen atoms in total. The fourth-order valence-corrected chi connectivity index (χ4v) is 4.30. The SMILES string of the molecule is Nc1csc(S(=O)(=O)NCC2Cc3ccccc3O2)c1. The zero-order valence-corrected chi connectivity index (χ0v) is 12.2. The lowest BCUT2D eigenvalue weighted by molar-refractivity contribution is 0.236. The van der Waals surface area contributed by atoms with Gasteiger partial charge < -0.3 is 10.5 Å². The molecule has 3 rings (SSSR count). The van der Waals surface area contributed by atoms with Gasteiger partial charge in [-0.1, -0.05) is 18.2 Å². The summed E-state index contributed by atoms with van der Waals surface area (Å²) in [6.45, 7) is 0.245. The van der Waals surface area contributed by atoms with Crippen LogP contribution in [0.25, 0.3) is 0 Å². The molecule has 2 heterocycles. The maximum atomic E-state index is 12.1. The van der Waals surface area contributed by atoms with Gasteiger partial charge in [-0.2, -0.15) is 0 Å². The minimum absolute atomic E-state index is 0.167. The average molecular weight is 310 g/mol. The molecule has 1 aromatic heterocycles. The molecule has 1 aliphatic heterocycles. The van der Waals surface area contributed by atoms with E-state index in [0.717, 1.165) is 22.6 Å². The predicted molar refractivity (Wildman–Crippen MR) is 78.5 cm³/mol. The molecule has 3 N–H and O–H groups in total. The van der Waals surface area contributed by atoms with Crippen LogP contribution in [0.5, 0.6) is 5.75 Å². The molecule has 0 fully saturated rings. The lowest BCUT2D eigenvalue weighted by atomic mass is 10.1. The van der Waals surface area contributed by atoms with Crippen LogP contribution >= 0.6 is 11.3 Å². The number of para-hydroxylation sites is 1. The second kappa shape index (κ2) is 5.08. The van der Waals surface area contributed by atoms with Crippen LogP contribution in [0.1, 0.15) is 5.56 Å². The molecule has 0 saturated heterocycles. The molecule has 0 bridgehead atoms. The molecule has 0 saturated carbocycles. The zero-order chi connectivity index (χ0) is 14.2. The van der Waals surface area contributed by atoms with Crippen LogP contribution in [-0.2, 0) is 16.4 Å². The summed E-state index contributed by atoms with van der Waals surface area (Å²) in [5.74, 6) is 0.831. The van der Waals surface area contributed by atoms with Crippen molar-refractivity contribution in [1.29, 1.82) is 0 Å². The summed E-state index contributed by atoms with van der Waals surface area (Å²) in [7, 11) is -3.51. The molecular formula is C13H14N2O3S2. The molecular weight excluding hydrogens is 296 g/mol. The number of thiophene rings is 1. The summed E-state index contributed by atoms with van der Waals surface area (Å²) in [5, 5.41) is 1.61. The number of fused-ring (bicyclic) bond motifs is 1. The molecule has 0 radical (unpaired) electrons. The Morgan fingerprint density at radius 3 is 2.90 bits per heavy atom. The highest BCUT2D eigenvalue weighted by Crippen LogP contribution is 2.28. The Morgan fingerprint density at radius 2 is 2.20 bits per heavy atom. The summed E-state index contributed by atoms with van der Waals surface area (Å²) in [6.07, 6.45) is 0.546. The lowest BCUT2D eigenvalue weighted by Gasteiger charge is -2.11. The van der Waals surface area contributed by atoms with E-state index < -0.39 is 10.0 Å². The van der Waals surface area contributed by atoms with Crippen LogP contribution in [0.15, 0.2) is 39.9 Å². The van der Waals surface area contributed by atoms with Crippen molar-refractivity contribution in [3.63, 3.8) is 0 Å². The minimum Gasteiger partial charge on any atom is -0.488 e. The van der Waals surface area contributed by atoms with Crippen molar-refractivity contribution < 1.29 is 13.2 Å². The Labute approximate surface area is 121 Å². The van der Waals surface area contributed by atoms with E-state index in [2.05, 4.69) is 4.72 Å². The molecule has 1 atom stereocenters. The number of nitrogens with two attached hydrogens (primary N) is 1. The molecule has 0 amide bonds. The van der Waals surface area contributed by atoms with Crippen molar-refractivity contribution in [2.24, 2.45) is 0 Å². The Bertz CT molecular complexity index is 700. The van der Waals surface area contributed by atoms with Crippen molar-refractivity contribution in [1.82, 2.24) is 4.72 Å². The van der Waals surface area contributed by atoms with Crippen LogP contribution in [0.4, 0.5) is 5.69 Å². The van der Waals surface area contributed by atoms with E-state index in [4.69, 9.17) is 10.5 Å². The normalized spacial score (nSPS) is 17.7. The monoisotopic (exact) mass is 310 g/mol. The maximum absolute atomic E-state index is 12.1. The number of hydrogen-bond acceptors (Lipinski definition) is 5. The third-order valence-corrected chi connectivity index (χ3v) is 5.96. The van der Waals surface area contributed by atoms with E-state index in [0.29, 0.717) is 12.1 Å². The summed E-state index contributed by atoms with van der Waals surface area (Å²) >= 11 is 1.11. The van der Waals surface area contributed by atoms with E-state index in [1.54, 1.807) is 5.38 Å². The molecule has 1 aromatic carbocycles. The second-order valence-electron chi connectivity index (χ2n) is 4.60. The second-order valence-corrected chi connectivity index (χ2v) is 7.51. The standard InChI is InChI=1S/C13H14N2O3S2/c14-10-6-13(19-8-10)20(16,17)15-7-11-5-9-3-1-2-4-12(9)18-11/h1-4,6,8,11,15H,5,7,14H2. The highest BCUT2D eigenvalue weighted by Gasteiger charge is 2.25. The van der Waals surface area contributed by atoms with Gasteiger partial charge in [-0.3, -0.25) is 0 Å². The quantitative estimate of drug-likeness (QED) is 0.899. The number of ether oxygens (including phenoxy) is 1. The Hall–Kier alpha value is -1.57. The van der Waals surface area contributed by atoms with Crippen LogP contribution in [0.3, 0.4) is 0 Å². The molecule has 0 spiro atoms. The van der Waals surface area contributed by atoms with Crippen LogP contribution in [0.2, 0.25) is 0 Å². The fraction of sp³-hybridized carbons (Fsp3) is 0.231. The van der Waals surface area contributed by atoms with E-state index in [1.165, 1.54) is 6.07 Å². The average Bonchev–Trinajstić information content (AvgIpc) is 3.02. The number of anilines is 1.